The van der Waals surface area contributed by atoms with Gasteiger partial charge >= 0.3 is 5.97 Å². The minimum atomic E-state index is -3.82. The van der Waals surface area contributed by atoms with Crippen molar-refractivity contribution in [3.63, 3.8) is 0 Å². The van der Waals surface area contributed by atoms with Gasteiger partial charge in [0.15, 0.2) is 15.1 Å². The average molecular weight is 270 g/mol. The summed E-state index contributed by atoms with van der Waals surface area (Å²) < 4.78 is 24.7. The molecule has 4 nitrogen and oxygen atoms in total. The van der Waals surface area contributed by atoms with Gasteiger partial charge in [0.05, 0.1) is 4.90 Å². The van der Waals surface area contributed by atoms with Crippen molar-refractivity contribution in [3.8, 4) is 0 Å². The molecule has 18 heavy (non-hydrogen) atoms. The Morgan fingerprint density at radius 2 is 1.67 bits per heavy atom. The fourth-order valence-electron chi connectivity index (χ4n) is 2.06. The summed E-state index contributed by atoms with van der Waals surface area (Å²) in [7, 11) is -3.82. The Morgan fingerprint density at radius 3 is 2.06 bits per heavy atom. The molecule has 1 N–H and O–H groups in total. The van der Waals surface area contributed by atoms with Crippen LogP contribution in [0.2, 0.25) is 0 Å². The van der Waals surface area contributed by atoms with Crippen LogP contribution in [0.5, 0.6) is 0 Å². The summed E-state index contributed by atoms with van der Waals surface area (Å²) in [4.78, 5) is 11.4. The van der Waals surface area contributed by atoms with Crippen molar-refractivity contribution in [3.05, 3.63) is 30.3 Å². The van der Waals surface area contributed by atoms with Crippen molar-refractivity contribution >= 4 is 15.8 Å². The molecule has 5 heteroatoms. The Kier molecular flexibility index (Phi) is 4.90. The van der Waals surface area contributed by atoms with Gasteiger partial charge in [-0.15, -0.1) is 0 Å². The fourth-order valence-corrected chi connectivity index (χ4v) is 4.05. The summed E-state index contributed by atoms with van der Waals surface area (Å²) in [5, 5.41) is 7.86. The van der Waals surface area contributed by atoms with Crippen molar-refractivity contribution in [2.75, 3.05) is 0 Å². The fraction of sp³-hybridized carbons (Fsp3) is 0.462. The lowest BCUT2D eigenvalue weighted by Gasteiger charge is -2.21. The summed E-state index contributed by atoms with van der Waals surface area (Å²) in [5.74, 6) is -1.64. The van der Waals surface area contributed by atoms with E-state index in [2.05, 4.69) is 0 Å². The zero-order chi connectivity index (χ0) is 13.8. The number of rotatable bonds is 6. The monoisotopic (exact) mass is 270 g/mol. The van der Waals surface area contributed by atoms with Crippen molar-refractivity contribution in [2.45, 2.75) is 36.8 Å². The van der Waals surface area contributed by atoms with E-state index in [-0.39, 0.29) is 10.8 Å². The smallest absolute Gasteiger partial charge is 0.322 e. The van der Waals surface area contributed by atoms with E-state index in [0.717, 1.165) is 0 Å². The van der Waals surface area contributed by atoms with Crippen molar-refractivity contribution in [1.29, 1.82) is 0 Å². The standard InChI is InChI=1S/C13H18O4S/c1-3-10(4-2)12(13(14)15)18(16,17)11-8-6-5-7-9-11/h5-10,12H,3-4H2,1-2H3,(H,14,15). The van der Waals surface area contributed by atoms with Gasteiger partial charge in [0.25, 0.3) is 0 Å². The Bertz CT molecular complexity index is 489. The number of benzene rings is 1. The van der Waals surface area contributed by atoms with Crippen LogP contribution in [0.25, 0.3) is 0 Å². The molecule has 0 aliphatic heterocycles. The van der Waals surface area contributed by atoms with E-state index in [1.165, 1.54) is 12.1 Å². The second-order valence-electron chi connectivity index (χ2n) is 4.19. The molecular formula is C13H18O4S. The maximum absolute atomic E-state index is 12.4. The maximum atomic E-state index is 12.4. The van der Waals surface area contributed by atoms with Crippen LogP contribution in [-0.4, -0.2) is 24.7 Å². The molecule has 0 bridgehead atoms. The van der Waals surface area contributed by atoms with E-state index < -0.39 is 21.1 Å². The van der Waals surface area contributed by atoms with Crippen molar-refractivity contribution in [2.24, 2.45) is 5.92 Å². The van der Waals surface area contributed by atoms with Crippen LogP contribution in [0.3, 0.4) is 0 Å². The van der Waals surface area contributed by atoms with Gasteiger partial charge in [0, 0.05) is 0 Å². The third-order valence-electron chi connectivity index (χ3n) is 3.13. The highest BCUT2D eigenvalue weighted by Gasteiger charge is 2.38. The van der Waals surface area contributed by atoms with Crippen LogP contribution in [0, 0.1) is 5.92 Å². The lowest BCUT2D eigenvalue weighted by molar-refractivity contribution is -0.137. The van der Waals surface area contributed by atoms with Gasteiger partial charge in [0.2, 0.25) is 0 Å². The lowest BCUT2D eigenvalue weighted by atomic mass is 9.99. The Morgan fingerprint density at radius 1 is 1.17 bits per heavy atom. The predicted octanol–water partition coefficient (Wildman–Crippen LogP) is 2.35. The highest BCUT2D eigenvalue weighted by Crippen LogP contribution is 2.26. The van der Waals surface area contributed by atoms with E-state index >= 15 is 0 Å². The molecule has 0 amide bonds. The van der Waals surface area contributed by atoms with Crippen LogP contribution in [0.1, 0.15) is 26.7 Å². The first-order chi connectivity index (χ1) is 8.45. The molecule has 1 rings (SSSR count). The molecule has 0 radical (unpaired) electrons. The largest absolute Gasteiger partial charge is 0.480 e. The summed E-state index contributed by atoms with van der Waals surface area (Å²) in [6.45, 7) is 3.62. The number of aliphatic carboxylic acids is 1. The number of hydrogen-bond acceptors (Lipinski definition) is 3. The highest BCUT2D eigenvalue weighted by atomic mass is 32.2. The van der Waals surface area contributed by atoms with E-state index in [9.17, 15) is 18.3 Å². The van der Waals surface area contributed by atoms with Gasteiger partial charge in [0.1, 0.15) is 0 Å². The molecule has 0 saturated heterocycles. The van der Waals surface area contributed by atoms with Gasteiger partial charge in [-0.05, 0) is 18.1 Å². The number of carboxylic acids is 1. The molecule has 1 unspecified atom stereocenters. The average Bonchev–Trinajstić information content (AvgIpc) is 2.36. The topological polar surface area (TPSA) is 71.4 Å². The zero-order valence-corrected chi connectivity index (χ0v) is 11.4. The second kappa shape index (κ2) is 6.00. The first-order valence-electron chi connectivity index (χ1n) is 5.96. The van der Waals surface area contributed by atoms with E-state index in [1.807, 2.05) is 13.8 Å². The zero-order valence-electron chi connectivity index (χ0n) is 10.5. The first kappa shape index (κ1) is 14.7. The predicted molar refractivity (Wildman–Crippen MR) is 69.1 cm³/mol. The third kappa shape index (κ3) is 2.90. The molecule has 1 aromatic carbocycles. The van der Waals surface area contributed by atoms with Crippen LogP contribution in [0.4, 0.5) is 0 Å². The Labute approximate surface area is 108 Å². The van der Waals surface area contributed by atoms with Crippen molar-refractivity contribution in [1.82, 2.24) is 0 Å². The molecule has 0 saturated carbocycles. The van der Waals surface area contributed by atoms with Crippen LogP contribution < -0.4 is 0 Å². The molecule has 0 aliphatic carbocycles. The van der Waals surface area contributed by atoms with E-state index in [0.29, 0.717) is 12.8 Å². The molecule has 100 valence electrons. The number of carboxylic acid groups (broad SMARTS) is 1. The van der Waals surface area contributed by atoms with Gasteiger partial charge in [-0.3, -0.25) is 4.79 Å². The highest BCUT2D eigenvalue weighted by molar-refractivity contribution is 7.92. The summed E-state index contributed by atoms with van der Waals surface area (Å²) in [6, 6.07) is 7.77. The van der Waals surface area contributed by atoms with Gasteiger partial charge in [-0.25, -0.2) is 8.42 Å². The van der Waals surface area contributed by atoms with Gasteiger partial charge < -0.3 is 5.11 Å². The van der Waals surface area contributed by atoms with Gasteiger partial charge in [-0.2, -0.15) is 0 Å². The SMILES string of the molecule is CCC(CC)C(C(=O)O)S(=O)(=O)c1ccccc1. The molecule has 0 aliphatic rings. The summed E-state index contributed by atoms with van der Waals surface area (Å²) in [6.07, 6.45) is 1.05. The lowest BCUT2D eigenvalue weighted by Crippen LogP contribution is -2.37. The summed E-state index contributed by atoms with van der Waals surface area (Å²) in [5.41, 5.74) is 0. The Balaban J connectivity index is 3.26. The Hall–Kier alpha value is -1.36. The first-order valence-corrected chi connectivity index (χ1v) is 7.51. The molecule has 0 spiro atoms. The van der Waals surface area contributed by atoms with E-state index in [4.69, 9.17) is 0 Å². The molecule has 0 aromatic heterocycles. The number of carbonyl (C=O) groups is 1. The molecule has 0 fully saturated rings. The van der Waals surface area contributed by atoms with Crippen LogP contribution in [-0.2, 0) is 14.6 Å². The summed E-state index contributed by atoms with van der Waals surface area (Å²) >= 11 is 0. The quantitative estimate of drug-likeness (QED) is 0.861. The third-order valence-corrected chi connectivity index (χ3v) is 5.31. The number of hydrogen-bond donors (Lipinski definition) is 1. The maximum Gasteiger partial charge on any atom is 0.322 e. The minimum Gasteiger partial charge on any atom is -0.480 e. The van der Waals surface area contributed by atoms with Gasteiger partial charge in [-0.1, -0.05) is 44.9 Å². The number of sulfone groups is 1. The molecular weight excluding hydrogens is 252 g/mol. The second-order valence-corrected chi connectivity index (χ2v) is 6.26. The van der Waals surface area contributed by atoms with Crippen LogP contribution >= 0.6 is 0 Å². The van der Waals surface area contributed by atoms with Crippen molar-refractivity contribution < 1.29 is 18.3 Å². The molecule has 1 atom stereocenters. The van der Waals surface area contributed by atoms with E-state index in [1.54, 1.807) is 18.2 Å². The molecule has 1 aromatic rings. The minimum absolute atomic E-state index is 0.0734. The normalized spacial score (nSPS) is 13.5. The molecule has 0 heterocycles. The van der Waals surface area contributed by atoms with Crippen LogP contribution in [0.15, 0.2) is 35.2 Å².